The molecule has 0 aliphatic rings. The zero-order valence-corrected chi connectivity index (χ0v) is 12.8. The highest BCUT2D eigenvalue weighted by molar-refractivity contribution is 9.10. The summed E-state index contributed by atoms with van der Waals surface area (Å²) in [5.74, 6) is 0.316. The predicted molar refractivity (Wildman–Crippen MR) is 75.5 cm³/mol. The van der Waals surface area contributed by atoms with Gasteiger partial charge < -0.3 is 19.5 Å². The maximum atomic E-state index is 12.1. The van der Waals surface area contributed by atoms with Crippen molar-refractivity contribution in [3.8, 4) is 5.75 Å². The molecule has 106 valence electrons. The van der Waals surface area contributed by atoms with E-state index in [-0.39, 0.29) is 12.5 Å². The fourth-order valence-corrected chi connectivity index (χ4v) is 1.83. The molecule has 0 atom stereocenters. The minimum absolute atomic E-state index is 0.227. The molecule has 0 fully saturated rings. The van der Waals surface area contributed by atoms with Gasteiger partial charge in [0.25, 0.3) is 5.91 Å². The molecular weight excluding hydrogens is 314 g/mol. The van der Waals surface area contributed by atoms with Gasteiger partial charge in [0.05, 0.1) is 18.7 Å². The van der Waals surface area contributed by atoms with Crippen molar-refractivity contribution >= 4 is 21.8 Å². The summed E-state index contributed by atoms with van der Waals surface area (Å²) in [4.78, 5) is 12.1. The summed E-state index contributed by atoms with van der Waals surface area (Å²) in [6.07, 6.45) is -0.463. The third-order valence-electron chi connectivity index (χ3n) is 2.44. The van der Waals surface area contributed by atoms with Gasteiger partial charge in [-0.25, -0.2) is 0 Å². The Labute approximate surface area is 121 Å². The first-order chi connectivity index (χ1) is 9.12. The summed E-state index contributed by atoms with van der Waals surface area (Å²) in [5, 5.41) is 2.73. The van der Waals surface area contributed by atoms with E-state index in [1.807, 2.05) is 6.92 Å². The van der Waals surface area contributed by atoms with Gasteiger partial charge in [-0.05, 0) is 25.1 Å². The van der Waals surface area contributed by atoms with E-state index in [4.69, 9.17) is 14.2 Å². The van der Waals surface area contributed by atoms with Gasteiger partial charge in [0.15, 0.2) is 6.29 Å². The average Bonchev–Trinajstić information content (AvgIpc) is 2.40. The van der Waals surface area contributed by atoms with Crippen molar-refractivity contribution in [3.05, 3.63) is 28.2 Å². The van der Waals surface area contributed by atoms with Crippen LogP contribution in [0.3, 0.4) is 0 Å². The Hall–Kier alpha value is -1.11. The smallest absolute Gasteiger partial charge is 0.255 e. The predicted octanol–water partition coefficient (Wildman–Crippen LogP) is 2.20. The van der Waals surface area contributed by atoms with Crippen LogP contribution in [0.15, 0.2) is 22.7 Å². The summed E-state index contributed by atoms with van der Waals surface area (Å²) >= 11 is 3.35. The van der Waals surface area contributed by atoms with E-state index < -0.39 is 6.29 Å². The number of ether oxygens (including phenoxy) is 3. The molecule has 1 N–H and O–H groups in total. The number of hydrogen-bond donors (Lipinski definition) is 1. The molecule has 0 saturated heterocycles. The van der Waals surface area contributed by atoms with Crippen molar-refractivity contribution in [1.82, 2.24) is 5.32 Å². The van der Waals surface area contributed by atoms with E-state index in [0.29, 0.717) is 17.9 Å². The highest BCUT2D eigenvalue weighted by Gasteiger charge is 2.14. The number of rotatable bonds is 7. The second kappa shape index (κ2) is 8.14. The summed E-state index contributed by atoms with van der Waals surface area (Å²) < 4.78 is 16.3. The molecule has 0 unspecified atom stereocenters. The molecule has 5 nitrogen and oxygen atoms in total. The third-order valence-corrected chi connectivity index (χ3v) is 2.94. The Morgan fingerprint density at radius 1 is 1.37 bits per heavy atom. The highest BCUT2D eigenvalue weighted by atomic mass is 79.9. The largest absolute Gasteiger partial charge is 0.493 e. The molecule has 6 heteroatoms. The van der Waals surface area contributed by atoms with Crippen LogP contribution in [-0.2, 0) is 9.47 Å². The second-order valence-corrected chi connectivity index (χ2v) is 4.60. The number of carbonyl (C=O) groups excluding carboxylic acids is 1. The zero-order valence-electron chi connectivity index (χ0n) is 11.2. The Morgan fingerprint density at radius 2 is 2.05 bits per heavy atom. The maximum Gasteiger partial charge on any atom is 0.255 e. The van der Waals surface area contributed by atoms with Crippen LogP contribution in [0.5, 0.6) is 5.75 Å². The lowest BCUT2D eigenvalue weighted by Crippen LogP contribution is -2.34. The molecule has 0 saturated carbocycles. The lowest BCUT2D eigenvalue weighted by molar-refractivity contribution is -0.0974. The highest BCUT2D eigenvalue weighted by Crippen LogP contribution is 2.23. The van der Waals surface area contributed by atoms with Gasteiger partial charge in [-0.15, -0.1) is 0 Å². The molecule has 0 radical (unpaired) electrons. The van der Waals surface area contributed by atoms with Crippen LogP contribution in [0, 0.1) is 0 Å². The van der Waals surface area contributed by atoms with Crippen LogP contribution in [0.2, 0.25) is 0 Å². The Morgan fingerprint density at radius 3 is 2.63 bits per heavy atom. The van der Waals surface area contributed by atoms with Crippen molar-refractivity contribution in [2.75, 3.05) is 27.4 Å². The summed E-state index contributed by atoms with van der Waals surface area (Å²) in [7, 11) is 3.04. The van der Waals surface area contributed by atoms with Gasteiger partial charge in [-0.3, -0.25) is 4.79 Å². The first-order valence-corrected chi connectivity index (χ1v) is 6.67. The fourth-order valence-electron chi connectivity index (χ4n) is 1.49. The number of hydrogen-bond acceptors (Lipinski definition) is 4. The van der Waals surface area contributed by atoms with Crippen LogP contribution < -0.4 is 10.1 Å². The summed E-state index contributed by atoms with van der Waals surface area (Å²) in [6.45, 7) is 2.64. The topological polar surface area (TPSA) is 56.8 Å². The molecular formula is C13H18BrNO4. The number of methoxy groups -OCH3 is 2. The fraction of sp³-hybridized carbons (Fsp3) is 0.462. The SMILES string of the molecule is CCOc1cc(Br)ccc1C(=O)NCC(OC)OC. The summed E-state index contributed by atoms with van der Waals surface area (Å²) in [5.41, 5.74) is 0.482. The average molecular weight is 332 g/mol. The summed E-state index contributed by atoms with van der Waals surface area (Å²) in [6, 6.07) is 5.27. The van der Waals surface area contributed by atoms with Gasteiger partial charge in [-0.1, -0.05) is 15.9 Å². The number of amides is 1. The van der Waals surface area contributed by atoms with E-state index in [1.54, 1.807) is 18.2 Å². The van der Waals surface area contributed by atoms with Crippen LogP contribution in [0.1, 0.15) is 17.3 Å². The quantitative estimate of drug-likeness (QED) is 0.778. The van der Waals surface area contributed by atoms with Gasteiger partial charge in [-0.2, -0.15) is 0 Å². The van der Waals surface area contributed by atoms with Crippen molar-refractivity contribution in [3.63, 3.8) is 0 Å². The zero-order chi connectivity index (χ0) is 14.3. The van der Waals surface area contributed by atoms with Crippen LogP contribution in [-0.4, -0.2) is 39.6 Å². The molecule has 1 amide bonds. The van der Waals surface area contributed by atoms with E-state index in [0.717, 1.165) is 4.47 Å². The third kappa shape index (κ3) is 4.81. The van der Waals surface area contributed by atoms with Crippen LogP contribution in [0.4, 0.5) is 0 Å². The number of halogens is 1. The molecule has 0 bridgehead atoms. The van der Waals surface area contributed by atoms with Gasteiger partial charge in [0.2, 0.25) is 0 Å². The lowest BCUT2D eigenvalue weighted by Gasteiger charge is -2.15. The maximum absolute atomic E-state index is 12.1. The minimum atomic E-state index is -0.463. The van der Waals surface area contributed by atoms with Crippen molar-refractivity contribution in [2.24, 2.45) is 0 Å². The van der Waals surface area contributed by atoms with Gasteiger partial charge >= 0.3 is 0 Å². The first-order valence-electron chi connectivity index (χ1n) is 5.88. The Kier molecular flexibility index (Phi) is 6.83. The molecule has 0 aliphatic heterocycles. The minimum Gasteiger partial charge on any atom is -0.493 e. The second-order valence-electron chi connectivity index (χ2n) is 3.68. The Balaban J connectivity index is 2.75. The van der Waals surface area contributed by atoms with Crippen LogP contribution >= 0.6 is 15.9 Å². The molecule has 0 heterocycles. The van der Waals surface area contributed by atoms with E-state index in [9.17, 15) is 4.79 Å². The number of carbonyl (C=O) groups is 1. The molecule has 1 aromatic carbocycles. The monoisotopic (exact) mass is 331 g/mol. The molecule has 1 aromatic rings. The van der Waals surface area contributed by atoms with Crippen LogP contribution in [0.25, 0.3) is 0 Å². The Bertz CT molecular complexity index is 421. The van der Waals surface area contributed by atoms with Crippen molar-refractivity contribution in [2.45, 2.75) is 13.2 Å². The van der Waals surface area contributed by atoms with E-state index in [2.05, 4.69) is 21.2 Å². The molecule has 1 rings (SSSR count). The standard InChI is InChI=1S/C13H18BrNO4/c1-4-19-11-7-9(14)5-6-10(11)13(16)15-8-12(17-2)18-3/h5-7,12H,4,8H2,1-3H3,(H,15,16). The molecule has 0 spiro atoms. The molecule has 19 heavy (non-hydrogen) atoms. The van der Waals surface area contributed by atoms with Gasteiger partial charge in [0.1, 0.15) is 5.75 Å². The van der Waals surface area contributed by atoms with Gasteiger partial charge in [0, 0.05) is 18.7 Å². The lowest BCUT2D eigenvalue weighted by atomic mass is 10.2. The normalized spacial score (nSPS) is 10.6. The molecule has 0 aromatic heterocycles. The first kappa shape index (κ1) is 15.9. The molecule has 0 aliphatic carbocycles. The van der Waals surface area contributed by atoms with E-state index in [1.165, 1.54) is 14.2 Å². The number of nitrogens with one attached hydrogen (secondary N) is 1. The van der Waals surface area contributed by atoms with E-state index >= 15 is 0 Å². The van der Waals surface area contributed by atoms with Crippen molar-refractivity contribution in [1.29, 1.82) is 0 Å². The van der Waals surface area contributed by atoms with Crippen molar-refractivity contribution < 1.29 is 19.0 Å². The number of benzene rings is 1.